The number of halogens is 2. The average Bonchev–Trinajstić information content (AvgIpc) is 3.56. The summed E-state index contributed by atoms with van der Waals surface area (Å²) in [7, 11) is 0. The van der Waals surface area contributed by atoms with E-state index in [-0.39, 0.29) is 0 Å². The summed E-state index contributed by atoms with van der Waals surface area (Å²) < 4.78 is 3.82. The monoisotopic (exact) mass is 640 g/mol. The molecule has 1 fully saturated rings. The summed E-state index contributed by atoms with van der Waals surface area (Å²) in [6, 6.07) is 12.7. The molecule has 0 amide bonds. The second kappa shape index (κ2) is 11.1. The Hall–Kier alpha value is -2.49. The van der Waals surface area contributed by atoms with Gasteiger partial charge in [0.2, 0.25) is 0 Å². The number of nitriles is 1. The molecule has 6 rings (SSSR count). The van der Waals surface area contributed by atoms with Gasteiger partial charge in [0.1, 0.15) is 6.23 Å². The molecule has 0 bridgehead atoms. The van der Waals surface area contributed by atoms with Crippen molar-refractivity contribution in [2.75, 3.05) is 19.6 Å². The summed E-state index contributed by atoms with van der Waals surface area (Å²) in [4.78, 5) is 9.02. The van der Waals surface area contributed by atoms with Crippen LogP contribution in [0.15, 0.2) is 53.4 Å². The molecule has 3 N–H and O–H groups in total. The van der Waals surface area contributed by atoms with Gasteiger partial charge in [-0.15, -0.1) is 11.3 Å². The number of aromatic nitrogens is 2. The van der Waals surface area contributed by atoms with Gasteiger partial charge in [0, 0.05) is 64.6 Å². The molecule has 1 aromatic carbocycles. The predicted octanol–water partition coefficient (Wildman–Crippen LogP) is 5.43. The Labute approximate surface area is 250 Å². The van der Waals surface area contributed by atoms with Gasteiger partial charge in [0.05, 0.1) is 31.7 Å². The van der Waals surface area contributed by atoms with Gasteiger partial charge in [0.25, 0.3) is 0 Å². The molecule has 8 nitrogen and oxygen atoms in total. The van der Waals surface area contributed by atoms with Crippen LogP contribution in [0.4, 0.5) is 0 Å². The van der Waals surface area contributed by atoms with E-state index >= 15 is 0 Å². The van der Waals surface area contributed by atoms with Gasteiger partial charge in [-0.05, 0) is 79.1 Å². The molecule has 2 unspecified atom stereocenters. The zero-order valence-corrected chi connectivity index (χ0v) is 25.2. The molecule has 0 radical (unpaired) electrons. The highest BCUT2D eigenvalue weighted by Crippen LogP contribution is 2.41. The van der Waals surface area contributed by atoms with E-state index in [4.69, 9.17) is 11.6 Å². The van der Waals surface area contributed by atoms with Gasteiger partial charge in [0.15, 0.2) is 6.35 Å². The molecule has 2 atom stereocenters. The lowest BCUT2D eigenvalue weighted by atomic mass is 9.80. The Balaban J connectivity index is 1.41. The van der Waals surface area contributed by atoms with Gasteiger partial charge >= 0.3 is 0 Å². The van der Waals surface area contributed by atoms with Crippen molar-refractivity contribution in [1.29, 1.82) is 5.26 Å². The van der Waals surface area contributed by atoms with Crippen molar-refractivity contribution in [3.05, 3.63) is 63.3 Å². The first kappa shape index (κ1) is 27.7. The maximum absolute atomic E-state index is 10.9. The molecule has 3 aromatic heterocycles. The van der Waals surface area contributed by atoms with Crippen LogP contribution in [0.25, 0.3) is 32.2 Å². The number of thiophene rings is 1. The normalized spacial score (nSPS) is 21.6. The average molecular weight is 642 g/mol. The molecule has 11 heteroatoms. The molecule has 40 heavy (non-hydrogen) atoms. The second-order valence-corrected chi connectivity index (χ2v) is 13.0. The number of piperidine rings is 1. The number of aliphatic hydroxyl groups is 2. The van der Waals surface area contributed by atoms with E-state index in [1.165, 1.54) is 0 Å². The van der Waals surface area contributed by atoms with Crippen molar-refractivity contribution in [1.82, 2.24) is 24.7 Å². The largest absolute Gasteiger partial charge is 0.373 e. The number of fused-ring (bicyclic) bond motifs is 2. The standard InChI is InChI=1S/C29H30BrClN6O2S/c1-2-35-15-23(30)27(38)37(28(35)39)14-20-13-24-26(40-20)21(3-7-34-24)22-12-19(31)11-18-4-10-36(25(18)22)17-29(16-32)5-8-33-9-6-29/h3-4,7,10-13,15,27-28,33,38-39H,2,5-6,8-9,14,17H2,1H3. The zero-order chi connectivity index (χ0) is 28.0. The molecular formula is C29H30BrClN6O2S. The summed E-state index contributed by atoms with van der Waals surface area (Å²) in [6.07, 6.45) is 5.33. The first-order chi connectivity index (χ1) is 19.3. The second-order valence-electron chi connectivity index (χ2n) is 10.5. The fourth-order valence-corrected chi connectivity index (χ4v) is 7.74. The maximum atomic E-state index is 10.9. The molecule has 1 saturated heterocycles. The van der Waals surface area contributed by atoms with Crippen molar-refractivity contribution in [2.45, 2.75) is 45.4 Å². The third-order valence-electron chi connectivity index (χ3n) is 8.00. The van der Waals surface area contributed by atoms with Crippen molar-refractivity contribution in [3.8, 4) is 17.2 Å². The molecule has 0 aliphatic carbocycles. The number of aliphatic hydroxyl groups excluding tert-OH is 2. The minimum atomic E-state index is -0.950. The van der Waals surface area contributed by atoms with E-state index in [0.717, 1.165) is 63.1 Å². The number of nitrogens with one attached hydrogen (secondary N) is 1. The number of hydrogen-bond acceptors (Lipinski definition) is 8. The third kappa shape index (κ3) is 4.94. The SMILES string of the molecule is CCN1C=C(Br)C(O)N(Cc2cc3nccc(-c4cc(Cl)cc5ccn(CC6(C#N)CCNCC6)c45)c3s2)C1O. The van der Waals surface area contributed by atoms with Crippen molar-refractivity contribution in [2.24, 2.45) is 5.41 Å². The van der Waals surface area contributed by atoms with E-state index in [2.05, 4.69) is 49.1 Å². The maximum Gasteiger partial charge on any atom is 0.188 e. The molecule has 208 valence electrons. The minimum absolute atomic E-state index is 0.350. The van der Waals surface area contributed by atoms with Crippen molar-refractivity contribution in [3.63, 3.8) is 0 Å². The first-order valence-electron chi connectivity index (χ1n) is 13.4. The van der Waals surface area contributed by atoms with Crippen LogP contribution in [0.1, 0.15) is 24.6 Å². The smallest absolute Gasteiger partial charge is 0.188 e. The van der Waals surface area contributed by atoms with Crippen LogP contribution in [0.3, 0.4) is 0 Å². The van der Waals surface area contributed by atoms with Gasteiger partial charge in [-0.25, -0.2) is 4.90 Å². The lowest BCUT2D eigenvalue weighted by Crippen LogP contribution is -2.53. The summed E-state index contributed by atoms with van der Waals surface area (Å²) in [6.45, 7) is 5.22. The van der Waals surface area contributed by atoms with E-state index in [1.54, 1.807) is 33.5 Å². The molecule has 4 aromatic rings. The molecule has 2 aliphatic rings. The summed E-state index contributed by atoms with van der Waals surface area (Å²) in [5.74, 6) is 0. The van der Waals surface area contributed by atoms with Crippen LogP contribution in [0, 0.1) is 16.7 Å². The zero-order valence-electron chi connectivity index (χ0n) is 22.0. The van der Waals surface area contributed by atoms with Crippen LogP contribution in [-0.2, 0) is 13.1 Å². The number of nitrogens with zero attached hydrogens (tertiary/aromatic N) is 5. The van der Waals surface area contributed by atoms with Crippen LogP contribution in [-0.4, -0.2) is 61.8 Å². The minimum Gasteiger partial charge on any atom is -0.373 e. The Kier molecular flexibility index (Phi) is 7.65. The van der Waals surface area contributed by atoms with Gasteiger partial charge < -0.3 is 25.0 Å². The van der Waals surface area contributed by atoms with Crippen LogP contribution < -0.4 is 5.32 Å². The summed E-state index contributed by atoms with van der Waals surface area (Å²) in [5, 5.41) is 36.9. The number of rotatable bonds is 6. The number of benzene rings is 1. The number of hydrogen-bond donors (Lipinski definition) is 3. The highest BCUT2D eigenvalue weighted by atomic mass is 79.9. The summed E-state index contributed by atoms with van der Waals surface area (Å²) >= 11 is 11.7. The topological polar surface area (TPSA) is 101 Å². The number of pyridine rings is 1. The van der Waals surface area contributed by atoms with E-state index in [1.807, 2.05) is 31.2 Å². The molecular weight excluding hydrogens is 612 g/mol. The van der Waals surface area contributed by atoms with E-state index < -0.39 is 18.0 Å². The Morgan fingerprint density at radius 2 is 2.02 bits per heavy atom. The predicted molar refractivity (Wildman–Crippen MR) is 163 cm³/mol. The van der Waals surface area contributed by atoms with Crippen LogP contribution >= 0.6 is 38.9 Å². The van der Waals surface area contributed by atoms with Crippen LogP contribution in [0.2, 0.25) is 5.02 Å². The Morgan fingerprint density at radius 1 is 1.23 bits per heavy atom. The highest BCUT2D eigenvalue weighted by Gasteiger charge is 2.34. The quantitative estimate of drug-likeness (QED) is 0.258. The van der Waals surface area contributed by atoms with E-state index in [0.29, 0.717) is 29.1 Å². The van der Waals surface area contributed by atoms with Gasteiger partial charge in [-0.3, -0.25) is 4.98 Å². The van der Waals surface area contributed by atoms with Crippen LogP contribution in [0.5, 0.6) is 0 Å². The van der Waals surface area contributed by atoms with Crippen molar-refractivity contribution >= 4 is 60.0 Å². The molecule has 0 spiro atoms. The first-order valence-corrected chi connectivity index (χ1v) is 15.3. The Morgan fingerprint density at radius 3 is 2.77 bits per heavy atom. The van der Waals surface area contributed by atoms with Gasteiger partial charge in [-0.1, -0.05) is 11.6 Å². The molecule has 5 heterocycles. The fourth-order valence-electron chi connectivity index (χ4n) is 5.83. The molecule has 2 aliphatic heterocycles. The van der Waals surface area contributed by atoms with E-state index in [9.17, 15) is 15.5 Å². The lowest BCUT2D eigenvalue weighted by molar-refractivity contribution is -0.159. The highest BCUT2D eigenvalue weighted by molar-refractivity contribution is 9.11. The molecule has 0 saturated carbocycles. The summed E-state index contributed by atoms with van der Waals surface area (Å²) in [5.41, 5.74) is 3.49. The van der Waals surface area contributed by atoms with Crippen molar-refractivity contribution < 1.29 is 10.2 Å². The third-order valence-corrected chi connectivity index (χ3v) is 9.97. The fraction of sp³-hybridized carbons (Fsp3) is 0.379. The van der Waals surface area contributed by atoms with Gasteiger partial charge in [-0.2, -0.15) is 5.26 Å². The lowest BCUT2D eigenvalue weighted by Gasteiger charge is -2.41. The Bertz CT molecular complexity index is 1640.